The van der Waals surface area contributed by atoms with Crippen molar-refractivity contribution < 1.29 is 4.79 Å². The number of nitrogens with one attached hydrogen (secondary N) is 1. The first-order valence-corrected chi connectivity index (χ1v) is 11.7. The van der Waals surface area contributed by atoms with Crippen LogP contribution in [0.1, 0.15) is 46.4 Å². The lowest BCUT2D eigenvalue weighted by molar-refractivity contribution is 0.102. The average molecular weight is 451 g/mol. The van der Waals surface area contributed by atoms with E-state index in [0.29, 0.717) is 22.0 Å². The van der Waals surface area contributed by atoms with E-state index in [2.05, 4.69) is 15.4 Å². The standard InChI is InChI=1S/C23H22N4O2S2/c1-14(2)22-26-27-20(28)12-17(24-23(27)31-22)13-30-19-10-5-4-9-18(19)25-21(29)16-8-6-7-15(3)11-16/h4-12,14H,13H2,1-3H3,(H,25,29). The van der Waals surface area contributed by atoms with Crippen LogP contribution in [0.3, 0.4) is 0 Å². The van der Waals surface area contributed by atoms with Crippen molar-refractivity contribution in [3.05, 3.63) is 86.8 Å². The van der Waals surface area contributed by atoms with Gasteiger partial charge in [-0.3, -0.25) is 9.59 Å². The van der Waals surface area contributed by atoms with E-state index in [-0.39, 0.29) is 17.4 Å². The fourth-order valence-corrected chi connectivity index (χ4v) is 4.83. The molecule has 158 valence electrons. The van der Waals surface area contributed by atoms with Crippen molar-refractivity contribution in [2.45, 2.75) is 37.3 Å². The number of aryl methyl sites for hydroxylation is 1. The quantitative estimate of drug-likeness (QED) is 0.412. The van der Waals surface area contributed by atoms with Crippen LogP contribution in [0.5, 0.6) is 0 Å². The number of thioether (sulfide) groups is 1. The summed E-state index contributed by atoms with van der Waals surface area (Å²) in [7, 11) is 0. The Morgan fingerprint density at radius 2 is 1.97 bits per heavy atom. The van der Waals surface area contributed by atoms with Crippen molar-refractivity contribution in [3.8, 4) is 0 Å². The molecule has 31 heavy (non-hydrogen) atoms. The van der Waals surface area contributed by atoms with Gasteiger partial charge in [0.05, 0.1) is 11.4 Å². The van der Waals surface area contributed by atoms with Crippen LogP contribution in [-0.4, -0.2) is 20.5 Å². The molecule has 0 radical (unpaired) electrons. The number of anilines is 1. The van der Waals surface area contributed by atoms with E-state index in [9.17, 15) is 9.59 Å². The normalized spacial score (nSPS) is 11.2. The van der Waals surface area contributed by atoms with Crippen LogP contribution < -0.4 is 10.9 Å². The van der Waals surface area contributed by atoms with Crippen molar-refractivity contribution in [3.63, 3.8) is 0 Å². The molecule has 8 heteroatoms. The van der Waals surface area contributed by atoms with E-state index in [4.69, 9.17) is 0 Å². The Bertz CT molecular complexity index is 1310. The molecular formula is C23H22N4O2S2. The molecule has 0 saturated carbocycles. The topological polar surface area (TPSA) is 76.4 Å². The highest BCUT2D eigenvalue weighted by Crippen LogP contribution is 2.30. The minimum atomic E-state index is -0.176. The van der Waals surface area contributed by atoms with E-state index >= 15 is 0 Å². The number of carbonyl (C=O) groups is 1. The highest BCUT2D eigenvalue weighted by atomic mass is 32.2. The first-order chi connectivity index (χ1) is 14.9. The number of amides is 1. The zero-order chi connectivity index (χ0) is 22.0. The van der Waals surface area contributed by atoms with Gasteiger partial charge in [0.1, 0.15) is 5.01 Å². The van der Waals surface area contributed by atoms with Crippen LogP contribution in [0.4, 0.5) is 5.69 Å². The van der Waals surface area contributed by atoms with Gasteiger partial charge in [0, 0.05) is 28.2 Å². The molecule has 0 aliphatic carbocycles. The van der Waals surface area contributed by atoms with E-state index in [0.717, 1.165) is 21.2 Å². The molecule has 6 nitrogen and oxygen atoms in total. The maximum Gasteiger partial charge on any atom is 0.275 e. The summed E-state index contributed by atoms with van der Waals surface area (Å²) in [5.41, 5.74) is 2.90. The summed E-state index contributed by atoms with van der Waals surface area (Å²) < 4.78 is 1.37. The smallest absolute Gasteiger partial charge is 0.275 e. The summed E-state index contributed by atoms with van der Waals surface area (Å²) in [6.07, 6.45) is 0. The Morgan fingerprint density at radius 3 is 2.74 bits per heavy atom. The molecule has 2 aromatic heterocycles. The van der Waals surface area contributed by atoms with Gasteiger partial charge in [-0.2, -0.15) is 9.61 Å². The van der Waals surface area contributed by atoms with Gasteiger partial charge < -0.3 is 5.32 Å². The zero-order valence-electron chi connectivity index (χ0n) is 17.5. The molecule has 0 aliphatic rings. The lowest BCUT2D eigenvalue weighted by atomic mass is 10.1. The van der Waals surface area contributed by atoms with Gasteiger partial charge in [-0.05, 0) is 31.2 Å². The molecule has 0 aliphatic heterocycles. The number of rotatable bonds is 6. The summed E-state index contributed by atoms with van der Waals surface area (Å²) >= 11 is 2.97. The molecule has 0 fully saturated rings. The highest BCUT2D eigenvalue weighted by molar-refractivity contribution is 7.98. The number of benzene rings is 2. The average Bonchev–Trinajstić information content (AvgIpc) is 3.18. The number of para-hydroxylation sites is 1. The summed E-state index contributed by atoms with van der Waals surface area (Å²) in [6, 6.07) is 16.6. The highest BCUT2D eigenvalue weighted by Gasteiger charge is 2.13. The molecule has 1 N–H and O–H groups in total. The molecule has 0 bridgehead atoms. The van der Waals surface area contributed by atoms with Gasteiger partial charge >= 0.3 is 0 Å². The summed E-state index contributed by atoms with van der Waals surface area (Å²) in [6.45, 7) is 6.04. The summed E-state index contributed by atoms with van der Waals surface area (Å²) in [5, 5.41) is 8.24. The Morgan fingerprint density at radius 1 is 1.16 bits per heavy atom. The van der Waals surface area contributed by atoms with Crippen LogP contribution in [0, 0.1) is 6.92 Å². The molecule has 0 saturated heterocycles. The first kappa shape index (κ1) is 21.3. The second-order valence-electron chi connectivity index (χ2n) is 7.48. The molecule has 2 aromatic carbocycles. The fourth-order valence-electron chi connectivity index (χ4n) is 3.01. The van der Waals surface area contributed by atoms with Crippen molar-refractivity contribution in [2.24, 2.45) is 0 Å². The number of hydrogen-bond donors (Lipinski definition) is 1. The molecular weight excluding hydrogens is 428 g/mol. The lowest BCUT2D eigenvalue weighted by Gasteiger charge is -2.11. The maximum atomic E-state index is 12.7. The third kappa shape index (κ3) is 4.86. The van der Waals surface area contributed by atoms with Gasteiger partial charge in [-0.1, -0.05) is 55.0 Å². The molecule has 4 aromatic rings. The van der Waals surface area contributed by atoms with Crippen molar-refractivity contribution >= 4 is 39.7 Å². The van der Waals surface area contributed by atoms with Crippen LogP contribution >= 0.6 is 23.1 Å². The van der Waals surface area contributed by atoms with E-state index in [1.165, 1.54) is 33.7 Å². The lowest BCUT2D eigenvalue weighted by Crippen LogP contribution is -2.15. The maximum absolute atomic E-state index is 12.7. The van der Waals surface area contributed by atoms with E-state index < -0.39 is 0 Å². The molecule has 0 atom stereocenters. The predicted molar refractivity (Wildman–Crippen MR) is 126 cm³/mol. The number of nitrogens with zero attached hydrogens (tertiary/aromatic N) is 3. The fraction of sp³-hybridized carbons (Fsp3) is 0.217. The Kier molecular flexibility index (Phi) is 6.20. The Balaban J connectivity index is 1.53. The largest absolute Gasteiger partial charge is 0.321 e. The Hall–Kier alpha value is -2.97. The molecule has 2 heterocycles. The molecule has 0 unspecified atom stereocenters. The minimum Gasteiger partial charge on any atom is -0.321 e. The number of carbonyl (C=O) groups excluding carboxylic acids is 1. The van der Waals surface area contributed by atoms with Crippen LogP contribution in [0.15, 0.2) is 64.3 Å². The van der Waals surface area contributed by atoms with Gasteiger partial charge in [0.2, 0.25) is 4.96 Å². The second-order valence-corrected chi connectivity index (χ2v) is 9.49. The van der Waals surface area contributed by atoms with E-state index in [1.54, 1.807) is 6.07 Å². The molecule has 4 rings (SSSR count). The van der Waals surface area contributed by atoms with Crippen molar-refractivity contribution in [1.29, 1.82) is 0 Å². The number of hydrogen-bond acceptors (Lipinski definition) is 6. The molecule has 0 spiro atoms. The number of aromatic nitrogens is 3. The van der Waals surface area contributed by atoms with Gasteiger partial charge in [-0.15, -0.1) is 11.8 Å². The summed E-state index contributed by atoms with van der Waals surface area (Å²) in [4.78, 5) is 31.2. The molecule has 1 amide bonds. The van der Waals surface area contributed by atoms with Gasteiger partial charge in [0.15, 0.2) is 0 Å². The van der Waals surface area contributed by atoms with Crippen LogP contribution in [0.2, 0.25) is 0 Å². The third-order valence-electron chi connectivity index (χ3n) is 4.60. The van der Waals surface area contributed by atoms with E-state index in [1.807, 2.05) is 63.2 Å². The summed E-state index contributed by atoms with van der Waals surface area (Å²) in [5.74, 6) is 0.603. The number of fused-ring (bicyclic) bond motifs is 1. The van der Waals surface area contributed by atoms with Crippen molar-refractivity contribution in [1.82, 2.24) is 14.6 Å². The van der Waals surface area contributed by atoms with Gasteiger partial charge in [0.25, 0.3) is 11.5 Å². The van der Waals surface area contributed by atoms with Crippen molar-refractivity contribution in [2.75, 3.05) is 5.32 Å². The van der Waals surface area contributed by atoms with Gasteiger partial charge in [-0.25, -0.2) is 4.98 Å². The zero-order valence-corrected chi connectivity index (χ0v) is 19.1. The Labute approximate surface area is 188 Å². The predicted octanol–water partition coefficient (Wildman–Crippen LogP) is 5.13. The van der Waals surface area contributed by atoms with Crippen LogP contribution in [-0.2, 0) is 5.75 Å². The van der Waals surface area contributed by atoms with Crippen LogP contribution in [0.25, 0.3) is 4.96 Å². The third-order valence-corrected chi connectivity index (χ3v) is 6.91. The minimum absolute atomic E-state index is 0.152. The monoisotopic (exact) mass is 450 g/mol. The second kappa shape index (κ2) is 9.03. The SMILES string of the molecule is Cc1cccc(C(=O)Nc2ccccc2SCc2cc(=O)n3nc(C(C)C)sc3n2)c1. The first-order valence-electron chi connectivity index (χ1n) is 9.90.